The van der Waals surface area contributed by atoms with Crippen LogP contribution < -0.4 is 29.7 Å². The van der Waals surface area contributed by atoms with Crippen LogP contribution in [0, 0.1) is 16.0 Å². The van der Waals surface area contributed by atoms with Gasteiger partial charge >= 0.3 is 12.0 Å². The zero-order valence-electron chi connectivity index (χ0n) is 22.3. The van der Waals surface area contributed by atoms with Gasteiger partial charge in [-0.05, 0) is 30.7 Å². The largest absolute Gasteiger partial charge is 0.493 e. The Morgan fingerprint density at radius 3 is 2.35 bits per heavy atom. The summed E-state index contributed by atoms with van der Waals surface area (Å²) in [6.45, 7) is 1.09. The molecule has 0 spiro atoms. The second-order valence-corrected chi connectivity index (χ2v) is 8.20. The Hall–Kier alpha value is -5.21. The molecule has 1 aliphatic heterocycles. The van der Waals surface area contributed by atoms with Gasteiger partial charge in [-0.25, -0.2) is 15.2 Å². The average molecular weight is 558 g/mol. The maximum Gasteiger partial charge on any atom is 0.341 e. The molecule has 2 aromatic carbocycles. The normalized spacial score (nSPS) is 16.4. The van der Waals surface area contributed by atoms with Crippen LogP contribution in [0.15, 0.2) is 40.4 Å². The van der Waals surface area contributed by atoms with E-state index in [4.69, 9.17) is 23.7 Å². The highest BCUT2D eigenvalue weighted by Gasteiger charge is 2.38. The predicted molar refractivity (Wildman–Crippen MR) is 140 cm³/mol. The molecule has 0 bridgehead atoms. The second-order valence-electron chi connectivity index (χ2n) is 8.20. The van der Waals surface area contributed by atoms with Gasteiger partial charge in [-0.1, -0.05) is 6.07 Å². The van der Waals surface area contributed by atoms with Crippen LogP contribution in [-0.4, -0.2) is 69.8 Å². The second kappa shape index (κ2) is 13.0. The number of hydrogen-bond donors (Lipinski definition) is 2. The van der Waals surface area contributed by atoms with Crippen molar-refractivity contribution in [3.05, 3.63) is 51.6 Å². The molecule has 1 aliphatic rings. The topological polar surface area (TPSA) is 189 Å². The van der Waals surface area contributed by atoms with Crippen LogP contribution in [0.2, 0.25) is 0 Å². The number of nitro benzene ring substituents is 1. The molecule has 2 atom stereocenters. The number of hydrogen-bond acceptors (Lipinski definition) is 11. The van der Waals surface area contributed by atoms with Gasteiger partial charge in [0.25, 0.3) is 11.6 Å². The molecule has 0 aliphatic carbocycles. The first kappa shape index (κ1) is 29.3. The van der Waals surface area contributed by atoms with Crippen molar-refractivity contribution in [2.24, 2.45) is 16.0 Å². The number of urea groups is 1. The maximum absolute atomic E-state index is 12.3. The first-order valence-electron chi connectivity index (χ1n) is 11.6. The number of rotatable bonds is 11. The first-order chi connectivity index (χ1) is 19.1. The zero-order valence-corrected chi connectivity index (χ0v) is 22.3. The number of nitrogens with zero attached hydrogens (tertiary/aromatic N) is 3. The van der Waals surface area contributed by atoms with Crippen molar-refractivity contribution in [2.75, 3.05) is 35.0 Å². The smallest absolute Gasteiger partial charge is 0.341 e. The van der Waals surface area contributed by atoms with E-state index in [0.717, 1.165) is 6.21 Å². The van der Waals surface area contributed by atoms with Gasteiger partial charge in [0.05, 0.1) is 57.2 Å². The van der Waals surface area contributed by atoms with Gasteiger partial charge in [0.1, 0.15) is 5.92 Å². The number of carbonyl (C=O) groups excluding carboxylic acids is 3. The summed E-state index contributed by atoms with van der Waals surface area (Å²) in [4.78, 5) is 51.2. The summed E-state index contributed by atoms with van der Waals surface area (Å²) in [5.74, 6) is -1.24. The number of aliphatic imine (C=N–C) groups is 1. The fraction of sp³-hybridized carbons (Fsp3) is 0.320. The molecule has 0 saturated heterocycles. The Bertz CT molecular complexity index is 1370. The minimum absolute atomic E-state index is 0.0708. The summed E-state index contributed by atoms with van der Waals surface area (Å²) in [5.41, 5.74) is 2.82. The highest BCUT2D eigenvalue weighted by molar-refractivity contribution is 6.08. The number of nitrogens with one attached hydrogen (secondary N) is 2. The first-order valence-corrected chi connectivity index (χ1v) is 11.6. The van der Waals surface area contributed by atoms with E-state index >= 15 is 0 Å². The van der Waals surface area contributed by atoms with Crippen molar-refractivity contribution in [3.63, 3.8) is 0 Å². The van der Waals surface area contributed by atoms with Gasteiger partial charge in [0.2, 0.25) is 0 Å². The molecule has 212 valence electrons. The molecule has 3 rings (SSSR count). The third-order valence-electron chi connectivity index (χ3n) is 5.82. The minimum atomic E-state index is -0.843. The Morgan fingerprint density at radius 1 is 1.07 bits per heavy atom. The third-order valence-corrected chi connectivity index (χ3v) is 5.82. The highest BCUT2D eigenvalue weighted by Crippen LogP contribution is 2.35. The van der Waals surface area contributed by atoms with E-state index in [1.807, 2.05) is 0 Å². The molecule has 0 fully saturated rings. The van der Waals surface area contributed by atoms with Crippen molar-refractivity contribution < 1.29 is 43.0 Å². The number of methoxy groups -OCH3 is 4. The fourth-order valence-corrected chi connectivity index (χ4v) is 3.92. The maximum atomic E-state index is 12.3. The lowest BCUT2D eigenvalue weighted by molar-refractivity contribution is -0.385. The Balaban J connectivity index is 1.70. The van der Waals surface area contributed by atoms with Crippen molar-refractivity contribution in [2.45, 2.75) is 13.0 Å². The molecule has 2 aromatic rings. The molecule has 0 aromatic heterocycles. The fourth-order valence-electron chi connectivity index (χ4n) is 3.92. The van der Waals surface area contributed by atoms with Crippen molar-refractivity contribution in [1.82, 2.24) is 10.7 Å². The molecule has 2 N–H and O–H groups in total. The van der Waals surface area contributed by atoms with Gasteiger partial charge in [-0.15, -0.1) is 0 Å². The molecule has 0 radical (unpaired) electrons. The van der Waals surface area contributed by atoms with Gasteiger partial charge in [0, 0.05) is 5.71 Å². The number of hydrazone groups is 1. The van der Waals surface area contributed by atoms with Crippen LogP contribution in [0.4, 0.5) is 10.5 Å². The molecular weight excluding hydrogens is 530 g/mol. The molecule has 2 unspecified atom stereocenters. The number of esters is 1. The van der Waals surface area contributed by atoms with E-state index in [1.165, 1.54) is 46.6 Å². The lowest BCUT2D eigenvalue weighted by Crippen LogP contribution is -2.44. The van der Waals surface area contributed by atoms with Crippen LogP contribution in [0.1, 0.15) is 24.1 Å². The molecule has 15 nitrogen and oxygen atoms in total. The van der Waals surface area contributed by atoms with Gasteiger partial charge in [0.15, 0.2) is 29.6 Å². The average Bonchev–Trinajstić information content (AvgIpc) is 2.94. The lowest BCUT2D eigenvalue weighted by atomic mass is 9.88. The van der Waals surface area contributed by atoms with Crippen LogP contribution >= 0.6 is 0 Å². The van der Waals surface area contributed by atoms with E-state index in [-0.39, 0.29) is 34.2 Å². The van der Waals surface area contributed by atoms with Crippen LogP contribution in [-0.2, 0) is 14.3 Å². The highest BCUT2D eigenvalue weighted by atomic mass is 16.6. The summed E-state index contributed by atoms with van der Waals surface area (Å²) in [7, 11) is 5.35. The molecular formula is C25H27N5O10. The summed E-state index contributed by atoms with van der Waals surface area (Å²) in [6.07, 6.45) is 1.09. The zero-order chi connectivity index (χ0) is 29.4. The monoisotopic (exact) mass is 557 g/mol. The standard InChI is InChI=1S/C25H27N5O10/c1-13-22(24(32)39-5)23(28-25(33)27-13)14-6-7-17(18(8-14)36-2)40-12-21(31)29-26-11-15-9-19(37-3)20(38-4)10-16(15)30(34)35/h6-11,22-23H,12H2,1-5H3,(H,28,33)(H,29,31)/b26-11+. The Labute approximate surface area is 228 Å². The Kier molecular flexibility index (Phi) is 9.56. The van der Waals surface area contributed by atoms with Gasteiger partial charge in [-0.3, -0.25) is 19.7 Å². The van der Waals surface area contributed by atoms with Crippen LogP contribution in [0.25, 0.3) is 0 Å². The number of ether oxygens (including phenoxy) is 5. The molecule has 15 heteroatoms. The van der Waals surface area contributed by atoms with E-state index < -0.39 is 41.4 Å². The molecule has 1 heterocycles. The van der Waals surface area contributed by atoms with E-state index in [9.17, 15) is 24.5 Å². The number of carbonyl (C=O) groups is 3. The molecule has 40 heavy (non-hydrogen) atoms. The summed E-state index contributed by atoms with van der Waals surface area (Å²) >= 11 is 0. The number of amides is 3. The van der Waals surface area contributed by atoms with Gasteiger partial charge < -0.3 is 29.0 Å². The third kappa shape index (κ3) is 6.61. The quantitative estimate of drug-likeness (QED) is 0.179. The molecule has 3 amide bonds. The van der Waals surface area contributed by atoms with E-state index in [0.29, 0.717) is 11.3 Å². The summed E-state index contributed by atoms with van der Waals surface area (Å²) < 4.78 is 26.0. The molecule has 0 saturated carbocycles. The lowest BCUT2D eigenvalue weighted by Gasteiger charge is -2.29. The van der Waals surface area contributed by atoms with Crippen molar-refractivity contribution in [1.29, 1.82) is 0 Å². The van der Waals surface area contributed by atoms with Gasteiger partial charge in [-0.2, -0.15) is 5.10 Å². The van der Waals surface area contributed by atoms with Crippen molar-refractivity contribution in [3.8, 4) is 23.0 Å². The Morgan fingerprint density at radius 2 is 1.73 bits per heavy atom. The van der Waals surface area contributed by atoms with E-state index in [2.05, 4.69) is 20.8 Å². The van der Waals surface area contributed by atoms with E-state index in [1.54, 1.807) is 19.1 Å². The summed E-state index contributed by atoms with van der Waals surface area (Å²) in [6, 6.07) is 5.84. The van der Waals surface area contributed by atoms with Crippen LogP contribution in [0.5, 0.6) is 23.0 Å². The number of benzene rings is 2. The predicted octanol–water partition coefficient (Wildman–Crippen LogP) is 2.16. The SMILES string of the molecule is COC(=O)C1C(C)=NC(=O)NC1c1ccc(OCC(=O)N/N=C/c2cc(OC)c(OC)cc2[N+](=O)[O-])c(OC)c1. The van der Waals surface area contributed by atoms with Crippen LogP contribution in [0.3, 0.4) is 0 Å². The number of nitro groups is 1. The summed E-state index contributed by atoms with van der Waals surface area (Å²) in [5, 5.41) is 17.8. The van der Waals surface area contributed by atoms with Crippen molar-refractivity contribution >= 4 is 35.5 Å². The minimum Gasteiger partial charge on any atom is -0.493 e.